The second-order valence-corrected chi connectivity index (χ2v) is 7.91. The monoisotopic (exact) mass is 374 g/mol. The van der Waals surface area contributed by atoms with Crippen molar-refractivity contribution in [3.8, 4) is 0 Å². The lowest BCUT2D eigenvalue weighted by molar-refractivity contribution is -0.125. The van der Waals surface area contributed by atoms with Gasteiger partial charge >= 0.3 is 0 Å². The van der Waals surface area contributed by atoms with Crippen LogP contribution in [0.3, 0.4) is 0 Å². The highest BCUT2D eigenvalue weighted by Gasteiger charge is 2.50. The Bertz CT molecular complexity index is 972. The molecule has 1 spiro atoms. The topological polar surface area (TPSA) is 51.4 Å². The van der Waals surface area contributed by atoms with Crippen LogP contribution in [-0.4, -0.2) is 47.6 Å². The van der Waals surface area contributed by atoms with Gasteiger partial charge in [0.1, 0.15) is 5.54 Å². The minimum absolute atomic E-state index is 0.188. The maximum absolute atomic E-state index is 12.8. The largest absolute Gasteiger partial charge is 0.361 e. The molecule has 5 rings (SSSR count). The van der Waals surface area contributed by atoms with Gasteiger partial charge in [-0.2, -0.15) is 0 Å². The van der Waals surface area contributed by atoms with Gasteiger partial charge in [0, 0.05) is 42.4 Å². The van der Waals surface area contributed by atoms with Crippen LogP contribution in [0, 0.1) is 0 Å². The highest BCUT2D eigenvalue weighted by molar-refractivity contribution is 5.93. The molecule has 0 bridgehead atoms. The first-order valence-electron chi connectivity index (χ1n) is 10.1. The molecule has 0 saturated carbocycles. The van der Waals surface area contributed by atoms with Gasteiger partial charge in [-0.15, -0.1) is 0 Å². The fraction of sp³-hybridized carbons (Fsp3) is 0.348. The van der Waals surface area contributed by atoms with Crippen LogP contribution in [0.5, 0.6) is 0 Å². The van der Waals surface area contributed by atoms with Crippen molar-refractivity contribution in [3.63, 3.8) is 0 Å². The van der Waals surface area contributed by atoms with Crippen LogP contribution < -0.4 is 10.2 Å². The molecule has 1 amide bonds. The maximum atomic E-state index is 12.8. The van der Waals surface area contributed by atoms with Crippen molar-refractivity contribution in [2.24, 2.45) is 0 Å². The molecule has 28 heavy (non-hydrogen) atoms. The number of carbonyl (C=O) groups excluding carboxylic acids is 1. The molecule has 5 heteroatoms. The molecular weight excluding hydrogens is 348 g/mol. The van der Waals surface area contributed by atoms with E-state index in [1.165, 1.54) is 16.5 Å². The molecule has 2 saturated heterocycles. The predicted octanol–water partition coefficient (Wildman–Crippen LogP) is 3.14. The lowest BCUT2D eigenvalue weighted by atomic mass is 9.85. The number of anilines is 1. The SMILES string of the molecule is O=C1NCN(c2ccccc2)C12CCN(CCc1c[nH]c3ccccc13)CC2. The number of hydrogen-bond donors (Lipinski definition) is 2. The molecule has 5 nitrogen and oxygen atoms in total. The van der Waals surface area contributed by atoms with Gasteiger partial charge in [0.2, 0.25) is 5.91 Å². The van der Waals surface area contributed by atoms with E-state index < -0.39 is 5.54 Å². The number of nitrogens with one attached hydrogen (secondary N) is 2. The molecule has 0 aliphatic carbocycles. The Morgan fingerprint density at radius 3 is 2.54 bits per heavy atom. The molecule has 2 aliphatic heterocycles. The number of benzene rings is 2. The number of likely N-dealkylation sites (tertiary alicyclic amines) is 1. The fourth-order valence-electron chi connectivity index (χ4n) is 4.80. The summed E-state index contributed by atoms with van der Waals surface area (Å²) in [4.78, 5) is 20.9. The molecule has 1 aromatic heterocycles. The van der Waals surface area contributed by atoms with Crippen molar-refractivity contribution in [1.29, 1.82) is 0 Å². The van der Waals surface area contributed by atoms with Gasteiger partial charge in [0.25, 0.3) is 0 Å². The summed E-state index contributed by atoms with van der Waals surface area (Å²) >= 11 is 0. The summed E-state index contributed by atoms with van der Waals surface area (Å²) in [7, 11) is 0. The van der Waals surface area contributed by atoms with Crippen LogP contribution in [0.1, 0.15) is 18.4 Å². The summed E-state index contributed by atoms with van der Waals surface area (Å²) < 4.78 is 0. The van der Waals surface area contributed by atoms with E-state index in [0.717, 1.165) is 44.6 Å². The van der Waals surface area contributed by atoms with Gasteiger partial charge in [-0.25, -0.2) is 0 Å². The molecule has 0 unspecified atom stereocenters. The standard InChI is InChI=1S/C23H26N4O/c28-22-23(27(17-25-22)19-6-2-1-3-7-19)11-14-26(15-12-23)13-10-18-16-24-21-9-5-4-8-20(18)21/h1-9,16,24H,10-15,17H2,(H,25,28). The van der Waals surface area contributed by atoms with Crippen LogP contribution >= 0.6 is 0 Å². The third-order valence-corrected chi connectivity index (χ3v) is 6.46. The third-order valence-electron chi connectivity index (χ3n) is 6.46. The Labute approximate surface area is 165 Å². The Morgan fingerprint density at radius 2 is 1.71 bits per heavy atom. The molecule has 2 aliphatic rings. The van der Waals surface area contributed by atoms with Crippen molar-refractivity contribution in [3.05, 3.63) is 66.4 Å². The lowest BCUT2D eigenvalue weighted by Gasteiger charge is -2.43. The summed E-state index contributed by atoms with van der Waals surface area (Å²) in [5.74, 6) is 0.188. The molecule has 2 N–H and O–H groups in total. The maximum Gasteiger partial charge on any atom is 0.247 e. The van der Waals surface area contributed by atoms with Crippen LogP contribution in [0.25, 0.3) is 10.9 Å². The first kappa shape index (κ1) is 17.3. The average molecular weight is 374 g/mol. The van der Waals surface area contributed by atoms with Gasteiger partial charge in [-0.3, -0.25) is 4.79 Å². The highest BCUT2D eigenvalue weighted by Crippen LogP contribution is 2.36. The molecule has 0 radical (unpaired) electrons. The van der Waals surface area contributed by atoms with Crippen LogP contribution in [0.2, 0.25) is 0 Å². The average Bonchev–Trinajstić information content (AvgIpc) is 3.30. The molecule has 0 atom stereocenters. The number of fused-ring (bicyclic) bond motifs is 1. The second kappa shape index (κ2) is 6.99. The Kier molecular flexibility index (Phi) is 4.32. The molecule has 3 heterocycles. The number of para-hydroxylation sites is 2. The van der Waals surface area contributed by atoms with Crippen molar-refractivity contribution >= 4 is 22.5 Å². The van der Waals surface area contributed by atoms with Gasteiger partial charge in [-0.1, -0.05) is 36.4 Å². The van der Waals surface area contributed by atoms with E-state index in [1.807, 2.05) is 18.2 Å². The van der Waals surface area contributed by atoms with E-state index in [9.17, 15) is 4.79 Å². The summed E-state index contributed by atoms with van der Waals surface area (Å²) in [5, 5.41) is 4.40. The minimum atomic E-state index is -0.390. The van der Waals surface area contributed by atoms with E-state index in [1.54, 1.807) is 0 Å². The summed E-state index contributed by atoms with van der Waals surface area (Å²) in [6, 6.07) is 18.8. The number of amides is 1. The van der Waals surface area contributed by atoms with Crippen LogP contribution in [0.15, 0.2) is 60.8 Å². The zero-order valence-electron chi connectivity index (χ0n) is 16.0. The van der Waals surface area contributed by atoms with E-state index in [-0.39, 0.29) is 5.91 Å². The zero-order chi connectivity index (χ0) is 19.0. The third kappa shape index (κ3) is 2.87. The number of aromatic nitrogens is 1. The van der Waals surface area contributed by atoms with Gasteiger partial charge in [0.05, 0.1) is 6.67 Å². The lowest BCUT2D eigenvalue weighted by Crippen LogP contribution is -2.56. The predicted molar refractivity (Wildman–Crippen MR) is 112 cm³/mol. The number of hydrogen-bond acceptors (Lipinski definition) is 3. The van der Waals surface area contributed by atoms with E-state index in [2.05, 4.69) is 62.7 Å². The van der Waals surface area contributed by atoms with Crippen molar-refractivity contribution < 1.29 is 4.79 Å². The molecular formula is C23H26N4O. The quantitative estimate of drug-likeness (QED) is 0.738. The fourth-order valence-corrected chi connectivity index (χ4v) is 4.80. The van der Waals surface area contributed by atoms with Crippen LogP contribution in [0.4, 0.5) is 5.69 Å². The Morgan fingerprint density at radius 1 is 0.964 bits per heavy atom. The number of aromatic amines is 1. The summed E-state index contributed by atoms with van der Waals surface area (Å²) in [6.45, 7) is 3.56. The summed E-state index contributed by atoms with van der Waals surface area (Å²) in [6.07, 6.45) is 4.92. The van der Waals surface area contributed by atoms with Crippen molar-refractivity contribution in [1.82, 2.24) is 15.2 Å². The van der Waals surface area contributed by atoms with E-state index >= 15 is 0 Å². The number of H-pyrrole nitrogens is 1. The first-order valence-corrected chi connectivity index (χ1v) is 10.1. The number of nitrogens with zero attached hydrogens (tertiary/aromatic N) is 2. The highest BCUT2D eigenvalue weighted by atomic mass is 16.2. The normalized spacial score (nSPS) is 19.4. The number of rotatable bonds is 4. The molecule has 2 aromatic carbocycles. The van der Waals surface area contributed by atoms with Crippen LogP contribution in [-0.2, 0) is 11.2 Å². The second-order valence-electron chi connectivity index (χ2n) is 7.91. The van der Waals surface area contributed by atoms with E-state index in [0.29, 0.717) is 6.67 Å². The minimum Gasteiger partial charge on any atom is -0.361 e. The van der Waals surface area contributed by atoms with E-state index in [4.69, 9.17) is 0 Å². The smallest absolute Gasteiger partial charge is 0.247 e. The molecule has 2 fully saturated rings. The molecule has 144 valence electrons. The number of piperidine rings is 1. The van der Waals surface area contributed by atoms with Gasteiger partial charge < -0.3 is 20.1 Å². The van der Waals surface area contributed by atoms with Crippen molar-refractivity contribution in [2.45, 2.75) is 24.8 Å². The van der Waals surface area contributed by atoms with Gasteiger partial charge in [0.15, 0.2) is 0 Å². The Hall–Kier alpha value is -2.79. The molecule has 3 aromatic rings. The number of carbonyl (C=O) groups is 1. The first-order chi connectivity index (χ1) is 13.8. The van der Waals surface area contributed by atoms with Crippen molar-refractivity contribution in [2.75, 3.05) is 31.2 Å². The Balaban J connectivity index is 1.26. The van der Waals surface area contributed by atoms with Gasteiger partial charge in [-0.05, 0) is 43.0 Å². The summed E-state index contributed by atoms with van der Waals surface area (Å²) in [5.41, 5.74) is 3.32. The zero-order valence-corrected chi connectivity index (χ0v) is 16.0.